The quantitative estimate of drug-likeness (QED) is 0.664. The van der Waals surface area contributed by atoms with Gasteiger partial charge in [0.05, 0.1) is 12.7 Å². The molecule has 0 amide bonds. The lowest BCUT2D eigenvalue weighted by Crippen LogP contribution is -1.95. The average molecular weight is 178 g/mol. The lowest BCUT2D eigenvalue weighted by atomic mass is 10.0. The van der Waals surface area contributed by atoms with Crippen molar-refractivity contribution in [2.75, 3.05) is 7.11 Å². The average Bonchev–Trinajstić information content (AvgIpc) is 2.17. The zero-order valence-electron chi connectivity index (χ0n) is 8.26. The standard InChI is InChI=1S/C11H14O2/c1-4-9-6-10(7-12)11(13-3)5-8(9)2/h5-7H,4H2,1-3H3. The molecule has 0 spiro atoms. The lowest BCUT2D eigenvalue weighted by Gasteiger charge is -2.08. The summed E-state index contributed by atoms with van der Waals surface area (Å²) < 4.78 is 5.09. The molecule has 0 aliphatic rings. The van der Waals surface area contributed by atoms with Gasteiger partial charge in [-0.05, 0) is 36.6 Å². The number of aryl methyl sites for hydroxylation is 2. The summed E-state index contributed by atoms with van der Waals surface area (Å²) in [7, 11) is 1.58. The zero-order valence-corrected chi connectivity index (χ0v) is 8.26. The number of methoxy groups -OCH3 is 1. The Hall–Kier alpha value is -1.31. The van der Waals surface area contributed by atoms with Crippen molar-refractivity contribution in [3.63, 3.8) is 0 Å². The molecule has 0 aliphatic carbocycles. The van der Waals surface area contributed by atoms with E-state index in [-0.39, 0.29) is 0 Å². The molecule has 0 radical (unpaired) electrons. The topological polar surface area (TPSA) is 26.3 Å². The fraction of sp³-hybridized carbons (Fsp3) is 0.364. The molecule has 0 fully saturated rings. The summed E-state index contributed by atoms with van der Waals surface area (Å²) in [6, 6.07) is 3.80. The Kier molecular flexibility index (Phi) is 3.07. The van der Waals surface area contributed by atoms with E-state index in [4.69, 9.17) is 4.74 Å². The zero-order chi connectivity index (χ0) is 9.84. The van der Waals surface area contributed by atoms with Crippen LogP contribution in [-0.2, 0) is 6.42 Å². The molecule has 2 heteroatoms. The molecule has 70 valence electrons. The first-order chi connectivity index (χ1) is 6.22. The molecule has 13 heavy (non-hydrogen) atoms. The highest BCUT2D eigenvalue weighted by molar-refractivity contribution is 5.80. The largest absolute Gasteiger partial charge is 0.496 e. The van der Waals surface area contributed by atoms with E-state index in [1.165, 1.54) is 11.1 Å². The Morgan fingerprint density at radius 2 is 2.15 bits per heavy atom. The summed E-state index contributed by atoms with van der Waals surface area (Å²) in [5, 5.41) is 0. The maximum absolute atomic E-state index is 10.7. The molecule has 0 N–H and O–H groups in total. The van der Waals surface area contributed by atoms with Crippen LogP contribution >= 0.6 is 0 Å². The summed E-state index contributed by atoms with van der Waals surface area (Å²) in [6.45, 7) is 4.10. The van der Waals surface area contributed by atoms with Crippen molar-refractivity contribution in [2.24, 2.45) is 0 Å². The summed E-state index contributed by atoms with van der Waals surface area (Å²) in [6.07, 6.45) is 1.77. The monoisotopic (exact) mass is 178 g/mol. The number of rotatable bonds is 3. The van der Waals surface area contributed by atoms with Crippen LogP contribution in [0.4, 0.5) is 0 Å². The highest BCUT2D eigenvalue weighted by Gasteiger charge is 2.05. The molecule has 0 atom stereocenters. The van der Waals surface area contributed by atoms with Gasteiger partial charge in [0, 0.05) is 0 Å². The third kappa shape index (κ3) is 1.89. The van der Waals surface area contributed by atoms with Crippen LogP contribution in [-0.4, -0.2) is 13.4 Å². The van der Waals surface area contributed by atoms with Crippen molar-refractivity contribution < 1.29 is 9.53 Å². The van der Waals surface area contributed by atoms with Crippen molar-refractivity contribution in [3.8, 4) is 5.75 Å². The summed E-state index contributed by atoms with van der Waals surface area (Å²) in [5.74, 6) is 0.657. The molecular formula is C11H14O2. The van der Waals surface area contributed by atoms with Crippen LogP contribution in [0.5, 0.6) is 5.75 Å². The van der Waals surface area contributed by atoms with Gasteiger partial charge in [0.15, 0.2) is 6.29 Å². The van der Waals surface area contributed by atoms with Gasteiger partial charge in [-0.2, -0.15) is 0 Å². The van der Waals surface area contributed by atoms with E-state index in [0.29, 0.717) is 11.3 Å². The Bertz CT molecular complexity index is 316. The van der Waals surface area contributed by atoms with E-state index >= 15 is 0 Å². The lowest BCUT2D eigenvalue weighted by molar-refractivity contribution is 0.112. The van der Waals surface area contributed by atoms with Gasteiger partial charge >= 0.3 is 0 Å². The normalized spacial score (nSPS) is 9.77. The van der Waals surface area contributed by atoms with Gasteiger partial charge in [0.2, 0.25) is 0 Å². The number of carbonyl (C=O) groups excluding carboxylic acids is 1. The van der Waals surface area contributed by atoms with Crippen molar-refractivity contribution >= 4 is 6.29 Å². The van der Waals surface area contributed by atoms with E-state index in [1.54, 1.807) is 7.11 Å². The molecule has 0 bridgehead atoms. The van der Waals surface area contributed by atoms with Crippen LogP contribution in [0.25, 0.3) is 0 Å². The number of hydrogen-bond donors (Lipinski definition) is 0. The van der Waals surface area contributed by atoms with E-state index < -0.39 is 0 Å². The Morgan fingerprint density at radius 1 is 1.46 bits per heavy atom. The number of ether oxygens (including phenoxy) is 1. The second-order valence-corrected chi connectivity index (χ2v) is 2.99. The minimum Gasteiger partial charge on any atom is -0.496 e. The third-order valence-electron chi connectivity index (χ3n) is 2.20. The van der Waals surface area contributed by atoms with Crippen molar-refractivity contribution in [1.29, 1.82) is 0 Å². The molecule has 0 heterocycles. The number of benzene rings is 1. The first-order valence-electron chi connectivity index (χ1n) is 4.35. The van der Waals surface area contributed by atoms with E-state index in [9.17, 15) is 4.79 Å². The third-order valence-corrected chi connectivity index (χ3v) is 2.20. The second-order valence-electron chi connectivity index (χ2n) is 2.99. The number of hydrogen-bond acceptors (Lipinski definition) is 2. The van der Waals surface area contributed by atoms with E-state index in [2.05, 4.69) is 6.92 Å². The number of carbonyl (C=O) groups is 1. The maximum Gasteiger partial charge on any atom is 0.153 e. The SMILES string of the molecule is CCc1cc(C=O)c(OC)cc1C. The van der Waals surface area contributed by atoms with Crippen LogP contribution in [0.2, 0.25) is 0 Å². The highest BCUT2D eigenvalue weighted by Crippen LogP contribution is 2.22. The predicted octanol–water partition coefficient (Wildman–Crippen LogP) is 2.38. The highest BCUT2D eigenvalue weighted by atomic mass is 16.5. The summed E-state index contributed by atoms with van der Waals surface area (Å²) in [5.41, 5.74) is 3.00. The number of aldehydes is 1. The molecule has 0 aliphatic heterocycles. The van der Waals surface area contributed by atoms with Crippen LogP contribution in [0.1, 0.15) is 28.4 Å². The Labute approximate surface area is 78.5 Å². The van der Waals surface area contributed by atoms with Gasteiger partial charge in [-0.3, -0.25) is 4.79 Å². The molecule has 1 aromatic rings. The van der Waals surface area contributed by atoms with Gasteiger partial charge in [0.25, 0.3) is 0 Å². The molecular weight excluding hydrogens is 164 g/mol. The van der Waals surface area contributed by atoms with Crippen LogP contribution in [0.15, 0.2) is 12.1 Å². The minimum absolute atomic E-state index is 0.630. The van der Waals surface area contributed by atoms with Crippen LogP contribution < -0.4 is 4.74 Å². The first-order valence-corrected chi connectivity index (χ1v) is 4.35. The van der Waals surface area contributed by atoms with Crippen LogP contribution in [0.3, 0.4) is 0 Å². The smallest absolute Gasteiger partial charge is 0.153 e. The molecule has 0 aromatic heterocycles. The van der Waals surface area contributed by atoms with Gasteiger partial charge in [0.1, 0.15) is 5.75 Å². The minimum atomic E-state index is 0.630. The molecule has 0 saturated carbocycles. The van der Waals surface area contributed by atoms with Gasteiger partial charge < -0.3 is 4.74 Å². The summed E-state index contributed by atoms with van der Waals surface area (Å²) >= 11 is 0. The molecule has 0 unspecified atom stereocenters. The molecule has 1 rings (SSSR count). The fourth-order valence-electron chi connectivity index (χ4n) is 1.40. The van der Waals surface area contributed by atoms with Crippen molar-refractivity contribution in [3.05, 3.63) is 28.8 Å². The Morgan fingerprint density at radius 3 is 2.62 bits per heavy atom. The van der Waals surface area contributed by atoms with Gasteiger partial charge in [-0.25, -0.2) is 0 Å². The predicted molar refractivity (Wildman–Crippen MR) is 52.5 cm³/mol. The fourth-order valence-corrected chi connectivity index (χ4v) is 1.40. The van der Waals surface area contributed by atoms with E-state index in [1.807, 2.05) is 19.1 Å². The van der Waals surface area contributed by atoms with Crippen LogP contribution in [0, 0.1) is 6.92 Å². The van der Waals surface area contributed by atoms with Gasteiger partial charge in [-0.15, -0.1) is 0 Å². The van der Waals surface area contributed by atoms with Gasteiger partial charge in [-0.1, -0.05) is 6.92 Å². The van der Waals surface area contributed by atoms with E-state index in [0.717, 1.165) is 12.7 Å². The molecule has 1 aromatic carbocycles. The summed E-state index contributed by atoms with van der Waals surface area (Å²) in [4.78, 5) is 10.7. The van der Waals surface area contributed by atoms with Crippen molar-refractivity contribution in [1.82, 2.24) is 0 Å². The van der Waals surface area contributed by atoms with Crippen molar-refractivity contribution in [2.45, 2.75) is 20.3 Å². The maximum atomic E-state index is 10.7. The second kappa shape index (κ2) is 4.08. The first kappa shape index (κ1) is 9.78. The Balaban J connectivity index is 3.26. The molecule has 2 nitrogen and oxygen atoms in total. The molecule has 0 saturated heterocycles.